The molecule has 1 aromatic heterocycles. The second-order valence-corrected chi connectivity index (χ2v) is 4.66. The molecule has 78 valence electrons. The molecule has 14 heavy (non-hydrogen) atoms. The molecule has 0 bridgehead atoms. The summed E-state index contributed by atoms with van der Waals surface area (Å²) >= 11 is 0. The van der Waals surface area contributed by atoms with Gasteiger partial charge >= 0.3 is 0 Å². The van der Waals surface area contributed by atoms with Crippen LogP contribution in [0.1, 0.15) is 33.6 Å². The predicted octanol–water partition coefficient (Wildman–Crippen LogP) is 2.71. The van der Waals surface area contributed by atoms with E-state index in [9.17, 15) is 0 Å². The number of rotatable bonds is 4. The summed E-state index contributed by atoms with van der Waals surface area (Å²) in [5.41, 5.74) is 0.416. The van der Waals surface area contributed by atoms with Crippen molar-refractivity contribution in [2.24, 2.45) is 5.41 Å². The fourth-order valence-corrected chi connectivity index (χ4v) is 1.21. The highest BCUT2D eigenvalue weighted by atomic mass is 15.1. The van der Waals surface area contributed by atoms with E-state index in [-0.39, 0.29) is 0 Å². The van der Waals surface area contributed by atoms with Gasteiger partial charge in [-0.1, -0.05) is 20.8 Å². The van der Waals surface area contributed by atoms with Gasteiger partial charge in [0.15, 0.2) is 0 Å². The smallest absolute Gasteiger partial charge is 0.222 e. The van der Waals surface area contributed by atoms with Gasteiger partial charge in [-0.3, -0.25) is 0 Å². The lowest BCUT2D eigenvalue weighted by molar-refractivity contribution is 0.370. The Balaban J connectivity index is 2.17. The zero-order chi connectivity index (χ0) is 10.4. The molecule has 0 unspecified atom stereocenters. The Morgan fingerprint density at radius 3 is 2.43 bits per heavy atom. The molecule has 0 aromatic carbocycles. The second kappa shape index (κ2) is 4.94. The lowest BCUT2D eigenvalue weighted by Crippen LogP contribution is -2.10. The molecule has 0 amide bonds. The zero-order valence-corrected chi connectivity index (χ0v) is 9.25. The van der Waals surface area contributed by atoms with E-state index in [0.29, 0.717) is 5.41 Å². The van der Waals surface area contributed by atoms with Gasteiger partial charge in [0, 0.05) is 18.9 Å². The van der Waals surface area contributed by atoms with Gasteiger partial charge in [0.05, 0.1) is 0 Å². The predicted molar refractivity (Wildman–Crippen MR) is 59.2 cm³/mol. The second-order valence-electron chi connectivity index (χ2n) is 4.66. The molecule has 0 spiro atoms. The summed E-state index contributed by atoms with van der Waals surface area (Å²) in [6.07, 6.45) is 5.87. The Morgan fingerprint density at radius 1 is 1.21 bits per heavy atom. The molecule has 1 rings (SSSR count). The fourth-order valence-electron chi connectivity index (χ4n) is 1.21. The van der Waals surface area contributed by atoms with E-state index in [0.717, 1.165) is 18.9 Å². The first-order chi connectivity index (χ1) is 6.58. The summed E-state index contributed by atoms with van der Waals surface area (Å²) in [6, 6.07) is 1.82. The van der Waals surface area contributed by atoms with E-state index in [1.165, 1.54) is 6.42 Å². The number of hydrogen-bond acceptors (Lipinski definition) is 3. The van der Waals surface area contributed by atoms with Crippen LogP contribution in [0.15, 0.2) is 18.5 Å². The van der Waals surface area contributed by atoms with E-state index >= 15 is 0 Å². The number of hydrogen-bond donors (Lipinski definition) is 1. The summed E-state index contributed by atoms with van der Waals surface area (Å²) in [5.74, 6) is 0.724. The van der Waals surface area contributed by atoms with Crippen LogP contribution in [0.25, 0.3) is 0 Å². The fraction of sp³-hybridized carbons (Fsp3) is 0.636. The van der Waals surface area contributed by atoms with Crippen molar-refractivity contribution in [1.29, 1.82) is 0 Å². The summed E-state index contributed by atoms with van der Waals surface area (Å²) in [7, 11) is 0. The van der Waals surface area contributed by atoms with Crippen molar-refractivity contribution in [3.8, 4) is 0 Å². The Morgan fingerprint density at radius 2 is 1.86 bits per heavy atom. The van der Waals surface area contributed by atoms with Crippen LogP contribution in [-0.4, -0.2) is 16.5 Å². The minimum Gasteiger partial charge on any atom is -0.354 e. The summed E-state index contributed by atoms with van der Waals surface area (Å²) in [5, 5.41) is 3.20. The van der Waals surface area contributed by atoms with E-state index in [4.69, 9.17) is 0 Å². The number of nitrogens with one attached hydrogen (secondary N) is 1. The third-order valence-corrected chi connectivity index (χ3v) is 1.95. The maximum absolute atomic E-state index is 4.09. The Labute approximate surface area is 86.0 Å². The summed E-state index contributed by atoms with van der Waals surface area (Å²) in [4.78, 5) is 8.18. The molecule has 0 aliphatic rings. The van der Waals surface area contributed by atoms with E-state index in [2.05, 4.69) is 36.1 Å². The van der Waals surface area contributed by atoms with Crippen LogP contribution < -0.4 is 5.32 Å². The zero-order valence-electron chi connectivity index (χ0n) is 9.25. The average Bonchev–Trinajstić information content (AvgIpc) is 2.13. The molecule has 1 heterocycles. The minimum atomic E-state index is 0.416. The Hall–Kier alpha value is -1.12. The van der Waals surface area contributed by atoms with Gasteiger partial charge in [-0.25, -0.2) is 9.97 Å². The van der Waals surface area contributed by atoms with Crippen LogP contribution >= 0.6 is 0 Å². The molecular formula is C11H19N3. The molecule has 0 aliphatic heterocycles. The normalized spacial score (nSPS) is 11.4. The number of nitrogens with zero attached hydrogens (tertiary/aromatic N) is 2. The van der Waals surface area contributed by atoms with Crippen molar-refractivity contribution in [3.63, 3.8) is 0 Å². The summed E-state index contributed by atoms with van der Waals surface area (Å²) in [6.45, 7) is 7.71. The van der Waals surface area contributed by atoms with Crippen molar-refractivity contribution in [2.75, 3.05) is 11.9 Å². The largest absolute Gasteiger partial charge is 0.354 e. The number of anilines is 1. The average molecular weight is 193 g/mol. The molecule has 3 heteroatoms. The molecule has 0 saturated heterocycles. The SMILES string of the molecule is CC(C)(C)CCCNc1ncccn1. The van der Waals surface area contributed by atoms with Crippen LogP contribution in [0.4, 0.5) is 5.95 Å². The van der Waals surface area contributed by atoms with Crippen molar-refractivity contribution in [3.05, 3.63) is 18.5 Å². The van der Waals surface area contributed by atoms with E-state index in [1.54, 1.807) is 12.4 Å². The van der Waals surface area contributed by atoms with Gasteiger partial charge in [0.25, 0.3) is 0 Å². The molecule has 0 aliphatic carbocycles. The monoisotopic (exact) mass is 193 g/mol. The van der Waals surface area contributed by atoms with Crippen LogP contribution in [0, 0.1) is 5.41 Å². The first-order valence-electron chi connectivity index (χ1n) is 5.09. The van der Waals surface area contributed by atoms with Gasteiger partial charge in [-0.2, -0.15) is 0 Å². The molecular weight excluding hydrogens is 174 g/mol. The maximum Gasteiger partial charge on any atom is 0.222 e. The lowest BCUT2D eigenvalue weighted by atomic mass is 9.91. The molecule has 1 N–H and O–H groups in total. The quantitative estimate of drug-likeness (QED) is 0.747. The lowest BCUT2D eigenvalue weighted by Gasteiger charge is -2.17. The van der Waals surface area contributed by atoms with Gasteiger partial charge in [0.2, 0.25) is 5.95 Å². The first kappa shape index (κ1) is 11.0. The molecule has 0 saturated carbocycles. The number of aromatic nitrogens is 2. The standard InChI is InChI=1S/C11H19N3/c1-11(2,3)6-4-7-12-10-13-8-5-9-14-10/h5,8-9H,4,6-7H2,1-3H3,(H,12,13,14). The van der Waals surface area contributed by atoms with Crippen LogP contribution in [-0.2, 0) is 0 Å². The minimum absolute atomic E-state index is 0.416. The third-order valence-electron chi connectivity index (χ3n) is 1.95. The third kappa shape index (κ3) is 4.80. The van der Waals surface area contributed by atoms with Gasteiger partial charge in [-0.15, -0.1) is 0 Å². The van der Waals surface area contributed by atoms with Crippen molar-refractivity contribution < 1.29 is 0 Å². The topological polar surface area (TPSA) is 37.8 Å². The molecule has 1 aromatic rings. The van der Waals surface area contributed by atoms with E-state index in [1.807, 2.05) is 6.07 Å². The van der Waals surface area contributed by atoms with Gasteiger partial charge in [0.1, 0.15) is 0 Å². The van der Waals surface area contributed by atoms with E-state index < -0.39 is 0 Å². The molecule has 0 atom stereocenters. The van der Waals surface area contributed by atoms with Crippen molar-refractivity contribution >= 4 is 5.95 Å². The Bertz CT molecular complexity index is 251. The van der Waals surface area contributed by atoms with Crippen LogP contribution in [0.2, 0.25) is 0 Å². The molecule has 3 nitrogen and oxygen atoms in total. The summed E-state index contributed by atoms with van der Waals surface area (Å²) < 4.78 is 0. The highest BCUT2D eigenvalue weighted by Gasteiger charge is 2.08. The maximum atomic E-state index is 4.09. The van der Waals surface area contributed by atoms with Crippen LogP contribution in [0.5, 0.6) is 0 Å². The Kier molecular flexibility index (Phi) is 3.86. The highest BCUT2D eigenvalue weighted by Crippen LogP contribution is 2.20. The highest BCUT2D eigenvalue weighted by molar-refractivity contribution is 5.21. The molecule has 0 fully saturated rings. The molecule has 0 radical (unpaired) electrons. The van der Waals surface area contributed by atoms with Crippen molar-refractivity contribution in [2.45, 2.75) is 33.6 Å². The first-order valence-corrected chi connectivity index (χ1v) is 5.09. The van der Waals surface area contributed by atoms with Gasteiger partial charge in [-0.05, 0) is 24.3 Å². The van der Waals surface area contributed by atoms with Crippen LogP contribution in [0.3, 0.4) is 0 Å². The van der Waals surface area contributed by atoms with Gasteiger partial charge < -0.3 is 5.32 Å². The van der Waals surface area contributed by atoms with Crippen molar-refractivity contribution in [1.82, 2.24) is 9.97 Å².